The fourth-order valence-electron chi connectivity index (χ4n) is 3.84. The van der Waals surface area contributed by atoms with Gasteiger partial charge in [0.1, 0.15) is 0 Å². The minimum atomic E-state index is -4.15. The highest BCUT2D eigenvalue weighted by atomic mass is 35.5. The molecular weight excluding hydrogens is 546 g/mol. The number of sulfonamides is 2. The van der Waals surface area contributed by atoms with Crippen molar-refractivity contribution >= 4 is 43.3 Å². The van der Waals surface area contributed by atoms with Crippen LogP contribution in [0.4, 0.5) is 0 Å². The molecule has 0 aromatic heterocycles. The Morgan fingerprint density at radius 2 is 1.79 bits per heavy atom. The summed E-state index contributed by atoms with van der Waals surface area (Å²) in [5.41, 5.74) is 2.80. The van der Waals surface area contributed by atoms with Crippen LogP contribution >= 0.6 is 11.6 Å². The van der Waals surface area contributed by atoms with Crippen LogP contribution in [0.5, 0.6) is 0 Å². The van der Waals surface area contributed by atoms with E-state index in [0.717, 1.165) is 11.1 Å². The van der Waals surface area contributed by atoms with Gasteiger partial charge in [0.25, 0.3) is 10.0 Å². The molecule has 0 fully saturated rings. The SMILES string of the molecule is C#Cc1cccc(S(=O)(=O)NC(=NCCS(N)(=O)=O)N2C[C@@H](c3ccccc3)C(c3ccc(Cl)cc3)=N2)c1. The van der Waals surface area contributed by atoms with Crippen LogP contribution in [0.2, 0.25) is 5.02 Å². The smallest absolute Gasteiger partial charge is 0.250 e. The van der Waals surface area contributed by atoms with Crippen LogP contribution in [0, 0.1) is 12.3 Å². The van der Waals surface area contributed by atoms with Gasteiger partial charge in [0.05, 0.1) is 29.4 Å². The molecule has 0 bridgehead atoms. The molecule has 0 spiro atoms. The maximum atomic E-state index is 13.3. The average Bonchev–Trinajstić information content (AvgIpc) is 3.34. The van der Waals surface area contributed by atoms with E-state index in [9.17, 15) is 16.8 Å². The molecule has 0 saturated carbocycles. The van der Waals surface area contributed by atoms with Crippen LogP contribution in [0.1, 0.15) is 22.6 Å². The average molecular weight is 570 g/mol. The number of nitrogens with two attached hydrogens (primary N) is 1. The summed E-state index contributed by atoms with van der Waals surface area (Å²) in [5.74, 6) is 1.54. The molecule has 0 amide bonds. The molecule has 0 saturated heterocycles. The second-order valence-corrected chi connectivity index (χ2v) is 12.2. The summed E-state index contributed by atoms with van der Waals surface area (Å²) < 4.78 is 52.0. The first-order valence-electron chi connectivity index (χ1n) is 11.4. The lowest BCUT2D eigenvalue weighted by molar-refractivity contribution is 0.461. The Hall–Kier alpha value is -3.69. The highest BCUT2D eigenvalue weighted by Gasteiger charge is 2.33. The second kappa shape index (κ2) is 11.4. The van der Waals surface area contributed by atoms with E-state index in [1.165, 1.54) is 23.2 Å². The number of benzene rings is 3. The predicted octanol–water partition coefficient (Wildman–Crippen LogP) is 2.75. The molecule has 3 aromatic carbocycles. The summed E-state index contributed by atoms with van der Waals surface area (Å²) in [6.45, 7) is -0.0392. The van der Waals surface area contributed by atoms with Gasteiger partial charge in [-0.2, -0.15) is 5.10 Å². The molecule has 9 nitrogen and oxygen atoms in total. The standard InChI is InChI=1S/C26H24ClN5O4S2/c1-2-19-7-6-10-23(17-19)38(35,36)31-26(29-15-16-37(28,33)34)32-18-24(20-8-4-3-5-9-20)25(30-32)21-11-13-22(27)14-12-21/h1,3-14,17,24H,15-16,18H2,(H,29,31)(H2,28,33,34)/t24-/m0/s1. The zero-order chi connectivity index (χ0) is 27.3. The molecule has 1 aliphatic heterocycles. The maximum absolute atomic E-state index is 13.3. The fourth-order valence-corrected chi connectivity index (χ4v) is 5.38. The van der Waals surface area contributed by atoms with Crippen molar-refractivity contribution in [3.8, 4) is 12.3 Å². The van der Waals surface area contributed by atoms with Crippen LogP contribution in [-0.2, 0) is 20.0 Å². The second-order valence-electron chi connectivity index (χ2n) is 8.39. The number of nitrogens with zero attached hydrogens (tertiary/aromatic N) is 3. The van der Waals surface area contributed by atoms with Gasteiger partial charge in [-0.15, -0.1) is 6.42 Å². The van der Waals surface area contributed by atoms with Gasteiger partial charge in [-0.3, -0.25) is 0 Å². The van der Waals surface area contributed by atoms with Gasteiger partial charge in [0.2, 0.25) is 16.0 Å². The molecule has 1 atom stereocenters. The summed E-state index contributed by atoms with van der Waals surface area (Å²) >= 11 is 6.08. The zero-order valence-electron chi connectivity index (χ0n) is 20.0. The molecule has 1 heterocycles. The predicted molar refractivity (Wildman–Crippen MR) is 149 cm³/mol. The van der Waals surface area contributed by atoms with Crippen molar-refractivity contribution in [3.63, 3.8) is 0 Å². The number of aliphatic imine (C=N–C) groups is 1. The maximum Gasteiger partial charge on any atom is 0.264 e. The van der Waals surface area contributed by atoms with E-state index in [4.69, 9.17) is 28.3 Å². The highest BCUT2D eigenvalue weighted by molar-refractivity contribution is 7.90. The third-order valence-electron chi connectivity index (χ3n) is 5.67. The number of halogens is 1. The largest absolute Gasteiger partial charge is 0.264 e. The van der Waals surface area contributed by atoms with Crippen molar-refractivity contribution in [2.45, 2.75) is 10.8 Å². The lowest BCUT2D eigenvalue weighted by atomic mass is 9.91. The van der Waals surface area contributed by atoms with Crippen molar-refractivity contribution in [2.24, 2.45) is 15.2 Å². The normalized spacial score (nSPS) is 16.1. The first-order valence-corrected chi connectivity index (χ1v) is 14.9. The van der Waals surface area contributed by atoms with E-state index < -0.39 is 25.8 Å². The monoisotopic (exact) mass is 569 g/mol. The molecule has 4 rings (SSSR count). The van der Waals surface area contributed by atoms with Gasteiger partial charge in [0, 0.05) is 16.5 Å². The summed E-state index contributed by atoms with van der Waals surface area (Å²) in [7, 11) is -7.98. The summed E-state index contributed by atoms with van der Waals surface area (Å²) in [6, 6.07) is 22.6. The molecule has 12 heteroatoms. The first-order chi connectivity index (χ1) is 18.1. The molecule has 1 aliphatic rings. The van der Waals surface area contributed by atoms with Crippen LogP contribution in [0.25, 0.3) is 0 Å². The first kappa shape index (κ1) is 27.3. The van der Waals surface area contributed by atoms with E-state index in [2.05, 4.69) is 15.6 Å². The Kier molecular flexibility index (Phi) is 8.18. The van der Waals surface area contributed by atoms with Crippen LogP contribution in [-0.4, -0.2) is 52.4 Å². The molecule has 0 unspecified atom stereocenters. The molecule has 38 heavy (non-hydrogen) atoms. The Morgan fingerprint density at radius 3 is 2.45 bits per heavy atom. The van der Waals surface area contributed by atoms with Crippen LogP contribution < -0.4 is 9.86 Å². The van der Waals surface area contributed by atoms with E-state index in [0.29, 0.717) is 16.3 Å². The number of guanidine groups is 1. The number of hydrazone groups is 1. The quantitative estimate of drug-likeness (QED) is 0.256. The number of nitrogens with one attached hydrogen (secondary N) is 1. The van der Waals surface area contributed by atoms with E-state index in [1.807, 2.05) is 42.5 Å². The topological polar surface area (TPSA) is 134 Å². The number of hydrogen-bond donors (Lipinski definition) is 2. The summed E-state index contributed by atoms with van der Waals surface area (Å²) in [5, 5.41) is 11.8. The molecule has 196 valence electrons. The molecule has 0 aliphatic carbocycles. The third-order valence-corrected chi connectivity index (χ3v) is 8.00. The van der Waals surface area contributed by atoms with Crippen molar-refractivity contribution in [2.75, 3.05) is 18.8 Å². The Bertz CT molecular complexity index is 1630. The Balaban J connectivity index is 1.75. The lowest BCUT2D eigenvalue weighted by Crippen LogP contribution is -2.41. The lowest BCUT2D eigenvalue weighted by Gasteiger charge is -2.20. The summed E-state index contributed by atoms with van der Waals surface area (Å²) in [6.07, 6.45) is 5.43. The highest BCUT2D eigenvalue weighted by Crippen LogP contribution is 2.29. The molecule has 3 N–H and O–H groups in total. The van der Waals surface area contributed by atoms with Gasteiger partial charge in [-0.25, -0.2) is 36.7 Å². The number of terminal acetylenes is 1. The van der Waals surface area contributed by atoms with Crippen molar-refractivity contribution in [1.82, 2.24) is 9.73 Å². The zero-order valence-corrected chi connectivity index (χ0v) is 22.4. The Morgan fingerprint density at radius 1 is 1.08 bits per heavy atom. The number of primary sulfonamides is 1. The van der Waals surface area contributed by atoms with Gasteiger partial charge in [0.15, 0.2) is 0 Å². The van der Waals surface area contributed by atoms with Gasteiger partial charge in [-0.1, -0.05) is 66.1 Å². The van der Waals surface area contributed by atoms with Gasteiger partial charge < -0.3 is 0 Å². The van der Waals surface area contributed by atoms with Crippen molar-refractivity contribution in [3.05, 3.63) is 101 Å². The van der Waals surface area contributed by atoms with Gasteiger partial charge >= 0.3 is 0 Å². The number of rotatable bonds is 7. The van der Waals surface area contributed by atoms with E-state index in [1.54, 1.807) is 18.2 Å². The van der Waals surface area contributed by atoms with Gasteiger partial charge in [-0.05, 0) is 41.5 Å². The Labute approximate surface area is 227 Å². The van der Waals surface area contributed by atoms with Crippen molar-refractivity contribution < 1.29 is 16.8 Å². The molecular formula is C26H24ClN5O4S2. The van der Waals surface area contributed by atoms with Crippen molar-refractivity contribution in [1.29, 1.82) is 0 Å². The fraction of sp³-hybridized carbons (Fsp3) is 0.154. The van der Waals surface area contributed by atoms with E-state index >= 15 is 0 Å². The molecule has 0 radical (unpaired) electrons. The number of hydrogen-bond acceptors (Lipinski definition) is 6. The molecule has 3 aromatic rings. The minimum Gasteiger partial charge on any atom is -0.250 e. The van der Waals surface area contributed by atoms with Crippen LogP contribution in [0.15, 0.2) is 93.9 Å². The summed E-state index contributed by atoms with van der Waals surface area (Å²) in [4.78, 5) is 4.16. The van der Waals surface area contributed by atoms with Crippen LogP contribution in [0.3, 0.4) is 0 Å². The third kappa shape index (κ3) is 6.79. The minimum absolute atomic E-state index is 0.0761. The van der Waals surface area contributed by atoms with E-state index in [-0.39, 0.29) is 29.9 Å².